The Labute approximate surface area is 104 Å². The molecule has 0 aliphatic carbocycles. The van der Waals surface area contributed by atoms with Crippen molar-refractivity contribution in [3.05, 3.63) is 0 Å². The molecule has 0 radical (unpaired) electrons. The molecule has 0 saturated carbocycles. The SMILES string of the molecule is CCC(C)(C#N)NS(=O)(=O)N1CCC(C)CC1. The highest BCUT2D eigenvalue weighted by molar-refractivity contribution is 7.87. The highest BCUT2D eigenvalue weighted by Gasteiger charge is 2.33. The minimum absolute atomic E-state index is 0.451. The van der Waals surface area contributed by atoms with Gasteiger partial charge in [0.1, 0.15) is 5.54 Å². The minimum atomic E-state index is -3.53. The van der Waals surface area contributed by atoms with Gasteiger partial charge in [-0.2, -0.15) is 22.7 Å². The molecule has 1 saturated heterocycles. The predicted octanol–water partition coefficient (Wildman–Crippen LogP) is 1.24. The van der Waals surface area contributed by atoms with Gasteiger partial charge in [0.2, 0.25) is 0 Å². The van der Waals surface area contributed by atoms with E-state index in [1.165, 1.54) is 4.31 Å². The van der Waals surface area contributed by atoms with E-state index in [2.05, 4.69) is 11.6 Å². The van der Waals surface area contributed by atoms with Gasteiger partial charge in [-0.3, -0.25) is 0 Å². The number of hydrogen-bond acceptors (Lipinski definition) is 3. The van der Waals surface area contributed by atoms with Gasteiger partial charge in [-0.05, 0) is 32.1 Å². The van der Waals surface area contributed by atoms with Crippen LogP contribution >= 0.6 is 0 Å². The molecular formula is C11H21N3O2S. The van der Waals surface area contributed by atoms with Gasteiger partial charge < -0.3 is 0 Å². The second-order valence-electron chi connectivity index (χ2n) is 4.99. The summed E-state index contributed by atoms with van der Waals surface area (Å²) < 4.78 is 28.1. The number of rotatable bonds is 4. The first-order valence-electron chi connectivity index (χ1n) is 6.03. The zero-order valence-corrected chi connectivity index (χ0v) is 11.5. The van der Waals surface area contributed by atoms with Crippen LogP contribution in [0.1, 0.15) is 40.0 Å². The summed E-state index contributed by atoms with van der Waals surface area (Å²) in [5.41, 5.74) is -1.01. The van der Waals surface area contributed by atoms with E-state index in [1.54, 1.807) is 13.8 Å². The van der Waals surface area contributed by atoms with Crippen LogP contribution in [-0.4, -0.2) is 31.4 Å². The van der Waals surface area contributed by atoms with E-state index in [-0.39, 0.29) is 0 Å². The molecule has 0 aromatic carbocycles. The molecule has 0 aromatic rings. The molecule has 0 aromatic heterocycles. The van der Waals surface area contributed by atoms with E-state index in [0.29, 0.717) is 25.4 Å². The van der Waals surface area contributed by atoms with Crippen molar-refractivity contribution in [1.29, 1.82) is 5.26 Å². The van der Waals surface area contributed by atoms with Gasteiger partial charge in [-0.1, -0.05) is 13.8 Å². The molecular weight excluding hydrogens is 238 g/mol. The third-order valence-electron chi connectivity index (χ3n) is 3.39. The molecule has 1 aliphatic rings. The fourth-order valence-electron chi connectivity index (χ4n) is 1.75. The Hall–Kier alpha value is -0.640. The quantitative estimate of drug-likeness (QED) is 0.825. The van der Waals surface area contributed by atoms with E-state index in [0.717, 1.165) is 12.8 Å². The van der Waals surface area contributed by atoms with Crippen LogP contribution in [0, 0.1) is 17.2 Å². The summed E-state index contributed by atoms with van der Waals surface area (Å²) in [6.07, 6.45) is 2.22. The first-order valence-corrected chi connectivity index (χ1v) is 7.47. The van der Waals surface area contributed by atoms with E-state index in [1.807, 2.05) is 6.07 Å². The molecule has 98 valence electrons. The number of piperidine rings is 1. The van der Waals surface area contributed by atoms with Crippen molar-refractivity contribution >= 4 is 10.2 Å². The second-order valence-corrected chi connectivity index (χ2v) is 6.66. The Bertz CT molecular complexity index is 393. The topological polar surface area (TPSA) is 73.2 Å². The molecule has 17 heavy (non-hydrogen) atoms. The number of nitrogens with zero attached hydrogens (tertiary/aromatic N) is 2. The average Bonchev–Trinajstić information content (AvgIpc) is 2.29. The van der Waals surface area contributed by atoms with Crippen LogP contribution in [0.25, 0.3) is 0 Å². The molecule has 1 N–H and O–H groups in total. The van der Waals surface area contributed by atoms with Crippen LogP contribution in [0.2, 0.25) is 0 Å². The minimum Gasteiger partial charge on any atom is -0.196 e. The summed E-state index contributed by atoms with van der Waals surface area (Å²) in [5.74, 6) is 0.579. The van der Waals surface area contributed by atoms with Crippen LogP contribution in [0.15, 0.2) is 0 Å². The second kappa shape index (κ2) is 5.34. The summed E-state index contributed by atoms with van der Waals surface area (Å²) in [7, 11) is -3.53. The van der Waals surface area contributed by atoms with E-state index < -0.39 is 15.7 Å². The predicted molar refractivity (Wildman–Crippen MR) is 66.3 cm³/mol. The lowest BCUT2D eigenvalue weighted by Crippen LogP contribution is -2.52. The van der Waals surface area contributed by atoms with Gasteiger partial charge in [0.05, 0.1) is 6.07 Å². The molecule has 0 spiro atoms. The van der Waals surface area contributed by atoms with Crippen molar-refractivity contribution in [2.45, 2.75) is 45.6 Å². The Morgan fingerprint density at radius 2 is 2.00 bits per heavy atom. The summed E-state index contributed by atoms with van der Waals surface area (Å²) >= 11 is 0. The van der Waals surface area contributed by atoms with E-state index in [9.17, 15) is 8.42 Å². The Kier molecular flexibility index (Phi) is 4.53. The number of hydrogen-bond donors (Lipinski definition) is 1. The molecule has 0 amide bonds. The molecule has 5 nitrogen and oxygen atoms in total. The maximum atomic E-state index is 12.1. The molecule has 1 rings (SSSR count). The van der Waals surface area contributed by atoms with Gasteiger partial charge in [-0.15, -0.1) is 0 Å². The van der Waals surface area contributed by atoms with Crippen molar-refractivity contribution in [2.24, 2.45) is 5.92 Å². The number of nitriles is 1. The lowest BCUT2D eigenvalue weighted by Gasteiger charge is -2.32. The standard InChI is InChI=1S/C11H21N3O2S/c1-4-11(3,9-12)13-17(15,16)14-7-5-10(2)6-8-14/h10,13H,4-8H2,1-3H3. The van der Waals surface area contributed by atoms with Crippen molar-refractivity contribution < 1.29 is 8.42 Å². The van der Waals surface area contributed by atoms with Crippen LogP contribution in [0.4, 0.5) is 0 Å². The first-order chi connectivity index (χ1) is 7.83. The van der Waals surface area contributed by atoms with Gasteiger partial charge in [0.15, 0.2) is 0 Å². The van der Waals surface area contributed by atoms with Gasteiger partial charge in [-0.25, -0.2) is 0 Å². The monoisotopic (exact) mass is 259 g/mol. The van der Waals surface area contributed by atoms with Gasteiger partial charge in [0.25, 0.3) is 10.2 Å². The molecule has 1 aliphatic heterocycles. The number of nitrogens with one attached hydrogen (secondary N) is 1. The third kappa shape index (κ3) is 3.66. The third-order valence-corrected chi connectivity index (χ3v) is 5.14. The van der Waals surface area contributed by atoms with Crippen molar-refractivity contribution in [2.75, 3.05) is 13.1 Å². The zero-order chi connectivity index (χ0) is 13.1. The van der Waals surface area contributed by atoms with Crippen LogP contribution in [-0.2, 0) is 10.2 Å². The molecule has 1 unspecified atom stereocenters. The van der Waals surface area contributed by atoms with Crippen molar-refractivity contribution in [3.8, 4) is 6.07 Å². The Morgan fingerprint density at radius 1 is 1.47 bits per heavy atom. The largest absolute Gasteiger partial charge is 0.280 e. The highest BCUT2D eigenvalue weighted by atomic mass is 32.2. The molecule has 1 fully saturated rings. The average molecular weight is 259 g/mol. The Balaban J connectivity index is 2.73. The molecule has 1 atom stereocenters. The van der Waals surface area contributed by atoms with E-state index >= 15 is 0 Å². The fourth-order valence-corrected chi connectivity index (χ4v) is 3.33. The van der Waals surface area contributed by atoms with Crippen LogP contribution in [0.3, 0.4) is 0 Å². The van der Waals surface area contributed by atoms with E-state index in [4.69, 9.17) is 5.26 Å². The molecule has 6 heteroatoms. The highest BCUT2D eigenvalue weighted by Crippen LogP contribution is 2.19. The maximum Gasteiger partial charge on any atom is 0.280 e. The molecule has 0 bridgehead atoms. The molecule has 1 heterocycles. The van der Waals surface area contributed by atoms with Crippen molar-refractivity contribution in [3.63, 3.8) is 0 Å². The van der Waals surface area contributed by atoms with Gasteiger partial charge in [0, 0.05) is 13.1 Å². The maximum absolute atomic E-state index is 12.1. The zero-order valence-electron chi connectivity index (χ0n) is 10.7. The van der Waals surface area contributed by atoms with Crippen molar-refractivity contribution in [1.82, 2.24) is 9.03 Å². The summed E-state index contributed by atoms with van der Waals surface area (Å²) in [4.78, 5) is 0. The van der Waals surface area contributed by atoms with Crippen LogP contribution < -0.4 is 4.72 Å². The van der Waals surface area contributed by atoms with Gasteiger partial charge >= 0.3 is 0 Å². The first kappa shape index (κ1) is 14.4. The lowest BCUT2D eigenvalue weighted by atomic mass is 10.0. The summed E-state index contributed by atoms with van der Waals surface area (Å²) in [6.45, 7) is 6.62. The normalized spacial score (nSPS) is 22.9. The summed E-state index contributed by atoms with van der Waals surface area (Å²) in [5, 5.41) is 8.99. The van der Waals surface area contributed by atoms with Crippen LogP contribution in [0.5, 0.6) is 0 Å². The summed E-state index contributed by atoms with van der Waals surface area (Å²) in [6, 6.07) is 2.02. The fraction of sp³-hybridized carbons (Fsp3) is 0.909. The Morgan fingerprint density at radius 3 is 2.41 bits per heavy atom. The smallest absolute Gasteiger partial charge is 0.196 e. The lowest BCUT2D eigenvalue weighted by molar-refractivity contribution is 0.281.